The van der Waals surface area contributed by atoms with Gasteiger partial charge in [-0.05, 0) is 77.0 Å². The van der Waals surface area contributed by atoms with Gasteiger partial charge in [0, 0.05) is 74.5 Å². The predicted molar refractivity (Wildman–Crippen MR) is 244 cm³/mol. The molecule has 16 heteroatoms. The van der Waals surface area contributed by atoms with Crippen molar-refractivity contribution in [3.8, 4) is 0 Å². The van der Waals surface area contributed by atoms with Crippen LogP contribution in [0, 0.1) is 21.7 Å². The normalized spacial score (nSPS) is 19.4. The van der Waals surface area contributed by atoms with Gasteiger partial charge in [0.05, 0.1) is 132 Å². The Morgan fingerprint density at radius 3 is 0.646 bits per heavy atom. The lowest BCUT2D eigenvalue weighted by atomic mass is 9.84. The highest BCUT2D eigenvalue weighted by Crippen LogP contribution is 2.34. The maximum Gasteiger partial charge on any atom is 0.413 e. The number of ether oxygens (including phenoxy) is 16. The summed E-state index contributed by atoms with van der Waals surface area (Å²) in [5, 5.41) is 0. The quantitative estimate of drug-likeness (QED) is 0.0475. The van der Waals surface area contributed by atoms with Crippen molar-refractivity contribution in [1.29, 1.82) is 0 Å². The molecule has 0 atom stereocenters. The van der Waals surface area contributed by atoms with Gasteiger partial charge in [-0.1, -0.05) is 27.7 Å². The van der Waals surface area contributed by atoms with Crippen LogP contribution in [-0.2, 0) is 75.8 Å². The van der Waals surface area contributed by atoms with E-state index in [0.717, 1.165) is 156 Å². The molecule has 0 unspecified atom stereocenters. The standard InChI is InChI=1S/C49H92O16/c1-5-45(37-58-38-45)33-54-21-13-9-17-50-25-29-62-49(63-30-26-51-18-10-14-22-55-34-46(6-2)39-59-40-46,64-31-27-52-19-11-15-23-56-35-47(7-3)41-60-42-47)65-32-28-53-20-12-16-24-57-36-48(8-4)43-61-44-48/h5-44H2,1-4H3. The number of hydrogen-bond acceptors (Lipinski definition) is 16. The van der Waals surface area contributed by atoms with Crippen LogP contribution in [-0.4, -0.2) is 191 Å². The van der Waals surface area contributed by atoms with Crippen LogP contribution in [0.25, 0.3) is 0 Å². The van der Waals surface area contributed by atoms with E-state index in [1.165, 1.54) is 0 Å². The molecule has 0 aliphatic carbocycles. The molecule has 0 aromatic heterocycles. The molecule has 0 bridgehead atoms. The summed E-state index contributed by atoms with van der Waals surface area (Å²) < 4.78 is 94.1. The van der Waals surface area contributed by atoms with E-state index in [4.69, 9.17) is 75.8 Å². The van der Waals surface area contributed by atoms with Gasteiger partial charge >= 0.3 is 6.16 Å². The van der Waals surface area contributed by atoms with E-state index in [1.54, 1.807) is 0 Å². The van der Waals surface area contributed by atoms with Crippen molar-refractivity contribution in [1.82, 2.24) is 0 Å². The fourth-order valence-electron chi connectivity index (χ4n) is 7.47. The van der Waals surface area contributed by atoms with Crippen LogP contribution in [0.1, 0.15) is 105 Å². The first-order valence-electron chi connectivity index (χ1n) is 25.4. The molecule has 0 aromatic carbocycles. The van der Waals surface area contributed by atoms with Crippen molar-refractivity contribution >= 4 is 0 Å². The Kier molecular flexibility index (Phi) is 29.6. The summed E-state index contributed by atoms with van der Waals surface area (Å²) in [4.78, 5) is 0. The van der Waals surface area contributed by atoms with Crippen LogP contribution >= 0.6 is 0 Å². The lowest BCUT2D eigenvalue weighted by molar-refractivity contribution is -0.501. The Morgan fingerprint density at radius 1 is 0.277 bits per heavy atom. The van der Waals surface area contributed by atoms with Crippen molar-refractivity contribution in [3.63, 3.8) is 0 Å². The maximum atomic E-state index is 6.24. The van der Waals surface area contributed by atoms with Crippen LogP contribution in [0.15, 0.2) is 0 Å². The van der Waals surface area contributed by atoms with Gasteiger partial charge < -0.3 is 75.8 Å². The van der Waals surface area contributed by atoms with Crippen LogP contribution < -0.4 is 0 Å². The van der Waals surface area contributed by atoms with Gasteiger partial charge in [0.15, 0.2) is 0 Å². The molecule has 4 fully saturated rings. The molecule has 0 amide bonds. The summed E-state index contributed by atoms with van der Waals surface area (Å²) in [6.45, 7) is 25.5. The first-order valence-corrected chi connectivity index (χ1v) is 25.4. The highest BCUT2D eigenvalue weighted by Gasteiger charge is 2.40. The number of rotatable bonds is 48. The monoisotopic (exact) mass is 937 g/mol. The van der Waals surface area contributed by atoms with Gasteiger partial charge in [0.25, 0.3) is 0 Å². The molecule has 4 aliphatic rings. The first kappa shape index (κ1) is 56.9. The topological polar surface area (TPSA) is 148 Å². The molecule has 0 saturated carbocycles. The number of unbranched alkanes of at least 4 members (excludes halogenated alkanes) is 4. The molecule has 0 aromatic rings. The maximum absolute atomic E-state index is 6.24. The summed E-state index contributed by atoms with van der Waals surface area (Å²) in [6, 6.07) is 0. The average Bonchev–Trinajstić information content (AvgIpc) is 3.26. The average molecular weight is 937 g/mol. The number of hydrogen-bond donors (Lipinski definition) is 0. The fraction of sp³-hybridized carbons (Fsp3) is 1.00. The first-order chi connectivity index (χ1) is 31.9. The van der Waals surface area contributed by atoms with E-state index in [-0.39, 0.29) is 48.1 Å². The van der Waals surface area contributed by atoms with Crippen LogP contribution in [0.5, 0.6) is 0 Å². The molecule has 4 heterocycles. The second kappa shape index (κ2) is 33.8. The minimum absolute atomic E-state index is 0.195. The molecular formula is C49H92O16. The van der Waals surface area contributed by atoms with E-state index >= 15 is 0 Å². The fourth-order valence-corrected chi connectivity index (χ4v) is 7.47. The Bertz CT molecular complexity index is 936. The summed E-state index contributed by atoms with van der Waals surface area (Å²) in [5.74, 6) is 0. The van der Waals surface area contributed by atoms with Crippen LogP contribution in [0.3, 0.4) is 0 Å². The van der Waals surface area contributed by atoms with Gasteiger partial charge in [-0.15, -0.1) is 0 Å². The van der Waals surface area contributed by atoms with E-state index < -0.39 is 6.16 Å². The van der Waals surface area contributed by atoms with Crippen molar-refractivity contribution in [3.05, 3.63) is 0 Å². The van der Waals surface area contributed by atoms with Crippen molar-refractivity contribution in [2.45, 2.75) is 111 Å². The minimum Gasteiger partial charge on any atom is -0.381 e. The van der Waals surface area contributed by atoms with Gasteiger partial charge in [0.2, 0.25) is 0 Å². The Morgan fingerprint density at radius 2 is 0.477 bits per heavy atom. The SMILES string of the molecule is CCC1(COCCCCOCCOC(OCCOCCCCOCC2(CC)COC2)(OCCOCCCCOCC2(CC)COC2)OCCOCCCCOCC2(CC)COC2)COC1. The molecule has 0 spiro atoms. The molecule has 4 aliphatic heterocycles. The van der Waals surface area contributed by atoms with Gasteiger partial charge in [-0.2, -0.15) is 0 Å². The zero-order valence-corrected chi connectivity index (χ0v) is 41.3. The third-order valence-electron chi connectivity index (χ3n) is 13.2. The minimum atomic E-state index is -1.79. The van der Waals surface area contributed by atoms with E-state index in [1.807, 2.05) is 0 Å². The largest absolute Gasteiger partial charge is 0.413 e. The molecule has 4 rings (SSSR count). The lowest BCUT2D eigenvalue weighted by Gasteiger charge is -2.40. The molecule has 65 heavy (non-hydrogen) atoms. The van der Waals surface area contributed by atoms with Crippen molar-refractivity contribution in [2.75, 3.05) is 185 Å². The second-order valence-electron chi connectivity index (χ2n) is 18.8. The highest BCUT2D eigenvalue weighted by atomic mass is 17.0. The Hall–Kier alpha value is -0.640. The van der Waals surface area contributed by atoms with Crippen molar-refractivity contribution < 1.29 is 75.8 Å². The molecule has 384 valence electrons. The molecule has 0 N–H and O–H groups in total. The lowest BCUT2D eigenvalue weighted by Crippen LogP contribution is -2.45. The van der Waals surface area contributed by atoms with Gasteiger partial charge in [-0.25, -0.2) is 0 Å². The summed E-state index contributed by atoms with van der Waals surface area (Å²) in [7, 11) is 0. The molecule has 0 radical (unpaired) electrons. The predicted octanol–water partition coefficient (Wildman–Crippen LogP) is 6.62. The van der Waals surface area contributed by atoms with Crippen LogP contribution in [0.2, 0.25) is 0 Å². The van der Waals surface area contributed by atoms with Gasteiger partial charge in [-0.3, -0.25) is 0 Å². The Labute approximate surface area is 392 Å². The zero-order valence-electron chi connectivity index (χ0n) is 41.3. The van der Waals surface area contributed by atoms with E-state index in [0.29, 0.717) is 79.3 Å². The zero-order chi connectivity index (χ0) is 46.1. The second-order valence-corrected chi connectivity index (χ2v) is 18.8. The highest BCUT2D eigenvalue weighted by molar-refractivity contribution is 4.86. The smallest absolute Gasteiger partial charge is 0.381 e. The molecular weight excluding hydrogens is 845 g/mol. The van der Waals surface area contributed by atoms with E-state index in [9.17, 15) is 0 Å². The van der Waals surface area contributed by atoms with Crippen molar-refractivity contribution in [2.24, 2.45) is 21.7 Å². The molecule has 16 nitrogen and oxygen atoms in total. The Balaban J connectivity index is 1.16. The van der Waals surface area contributed by atoms with E-state index in [2.05, 4.69) is 27.7 Å². The van der Waals surface area contributed by atoms with Crippen LogP contribution in [0.4, 0.5) is 0 Å². The summed E-state index contributed by atoms with van der Waals surface area (Å²) >= 11 is 0. The third kappa shape index (κ3) is 22.3. The molecule has 4 saturated heterocycles. The summed E-state index contributed by atoms with van der Waals surface area (Å²) in [6.07, 6.45) is 9.76. The summed E-state index contributed by atoms with van der Waals surface area (Å²) in [5.41, 5.74) is 0.809. The van der Waals surface area contributed by atoms with Gasteiger partial charge in [0.1, 0.15) is 0 Å². The third-order valence-corrected chi connectivity index (χ3v) is 13.2.